The Labute approximate surface area is 117 Å². The lowest BCUT2D eigenvalue weighted by Crippen LogP contribution is -2.35. The predicted molar refractivity (Wildman–Crippen MR) is 77.0 cm³/mol. The van der Waals surface area contributed by atoms with E-state index in [0.717, 1.165) is 25.8 Å². The molecule has 1 aromatic rings. The summed E-state index contributed by atoms with van der Waals surface area (Å²) in [7, 11) is 1.61. The molecule has 1 fully saturated rings. The maximum atomic E-state index is 12.5. The molecule has 6 heteroatoms. The average molecular weight is 277 g/mol. The van der Waals surface area contributed by atoms with Crippen molar-refractivity contribution in [3.8, 4) is 0 Å². The van der Waals surface area contributed by atoms with Crippen LogP contribution in [-0.2, 0) is 0 Å². The number of hydrogen-bond donors (Lipinski definition) is 1. The van der Waals surface area contributed by atoms with Gasteiger partial charge in [0.15, 0.2) is 0 Å². The van der Waals surface area contributed by atoms with E-state index >= 15 is 0 Å². The van der Waals surface area contributed by atoms with Crippen molar-refractivity contribution in [2.45, 2.75) is 32.2 Å². The van der Waals surface area contributed by atoms with Gasteiger partial charge in [-0.2, -0.15) is 0 Å². The van der Waals surface area contributed by atoms with Gasteiger partial charge in [0.25, 0.3) is 11.6 Å². The molecule has 1 N–H and O–H groups in total. The van der Waals surface area contributed by atoms with Crippen molar-refractivity contribution in [2.75, 3.05) is 18.9 Å². The standard InChI is InChI=1S/C14H19N3O3/c1-3-11-5-4-8-16(11)14(18)10-6-7-13(17(19)20)12(9-10)15-2/h6-7,9,11,15H,3-5,8H2,1-2H3. The topological polar surface area (TPSA) is 75.5 Å². The van der Waals surface area contributed by atoms with Gasteiger partial charge in [0.2, 0.25) is 0 Å². The van der Waals surface area contributed by atoms with Gasteiger partial charge in [-0.3, -0.25) is 14.9 Å². The number of amides is 1. The third-order valence-corrected chi connectivity index (χ3v) is 3.82. The predicted octanol–water partition coefficient (Wildman–Crippen LogP) is 2.65. The number of carbonyl (C=O) groups excluding carboxylic acids is 1. The smallest absolute Gasteiger partial charge is 0.292 e. The van der Waals surface area contributed by atoms with Crippen LogP contribution in [-0.4, -0.2) is 35.4 Å². The minimum atomic E-state index is -0.454. The Bertz CT molecular complexity index is 530. The van der Waals surface area contributed by atoms with Gasteiger partial charge < -0.3 is 10.2 Å². The number of anilines is 1. The van der Waals surface area contributed by atoms with Crippen molar-refractivity contribution in [1.29, 1.82) is 0 Å². The molecule has 1 aliphatic rings. The number of likely N-dealkylation sites (tertiary alicyclic amines) is 1. The minimum absolute atomic E-state index is 0.0162. The fraction of sp³-hybridized carbons (Fsp3) is 0.500. The summed E-state index contributed by atoms with van der Waals surface area (Å²) >= 11 is 0. The Morgan fingerprint density at radius 2 is 2.30 bits per heavy atom. The highest BCUT2D eigenvalue weighted by atomic mass is 16.6. The van der Waals surface area contributed by atoms with Crippen molar-refractivity contribution in [3.63, 3.8) is 0 Å². The quantitative estimate of drug-likeness (QED) is 0.678. The van der Waals surface area contributed by atoms with Gasteiger partial charge in [0.1, 0.15) is 5.69 Å². The van der Waals surface area contributed by atoms with Crippen LogP contribution in [0.25, 0.3) is 0 Å². The molecule has 1 aliphatic heterocycles. The van der Waals surface area contributed by atoms with Crippen molar-refractivity contribution in [2.24, 2.45) is 0 Å². The number of nitro benzene ring substituents is 1. The largest absolute Gasteiger partial charge is 0.383 e. The van der Waals surface area contributed by atoms with E-state index in [1.165, 1.54) is 12.1 Å². The van der Waals surface area contributed by atoms with Crippen LogP contribution < -0.4 is 5.32 Å². The maximum Gasteiger partial charge on any atom is 0.292 e. The van der Waals surface area contributed by atoms with Crippen molar-refractivity contribution >= 4 is 17.3 Å². The second-order valence-electron chi connectivity index (χ2n) is 4.94. The van der Waals surface area contributed by atoms with E-state index in [1.54, 1.807) is 13.1 Å². The van der Waals surface area contributed by atoms with Gasteiger partial charge in [0.05, 0.1) is 4.92 Å². The van der Waals surface area contributed by atoms with Crippen LogP contribution in [0.2, 0.25) is 0 Å². The number of carbonyl (C=O) groups is 1. The first kappa shape index (κ1) is 14.3. The van der Waals surface area contributed by atoms with Gasteiger partial charge in [-0.15, -0.1) is 0 Å². The van der Waals surface area contributed by atoms with Crippen LogP contribution in [0.4, 0.5) is 11.4 Å². The van der Waals surface area contributed by atoms with Crippen molar-refractivity contribution in [1.82, 2.24) is 4.90 Å². The van der Waals surface area contributed by atoms with Crippen molar-refractivity contribution < 1.29 is 9.72 Å². The zero-order valence-electron chi connectivity index (χ0n) is 11.8. The van der Waals surface area contributed by atoms with E-state index < -0.39 is 4.92 Å². The zero-order chi connectivity index (χ0) is 14.7. The molecule has 0 bridgehead atoms. The first-order valence-electron chi connectivity index (χ1n) is 6.85. The van der Waals surface area contributed by atoms with Gasteiger partial charge in [-0.25, -0.2) is 0 Å². The number of nitrogens with one attached hydrogen (secondary N) is 1. The molecule has 1 aromatic carbocycles. The summed E-state index contributed by atoms with van der Waals surface area (Å²) < 4.78 is 0. The summed E-state index contributed by atoms with van der Waals surface area (Å²) in [5, 5.41) is 13.7. The Morgan fingerprint density at radius 1 is 1.55 bits per heavy atom. The molecule has 0 saturated carbocycles. The zero-order valence-corrected chi connectivity index (χ0v) is 11.8. The molecule has 20 heavy (non-hydrogen) atoms. The number of benzene rings is 1. The lowest BCUT2D eigenvalue weighted by atomic mass is 10.1. The van der Waals surface area contributed by atoms with Gasteiger partial charge in [0, 0.05) is 31.3 Å². The van der Waals surface area contributed by atoms with Gasteiger partial charge in [-0.1, -0.05) is 6.92 Å². The first-order chi connectivity index (χ1) is 9.58. The number of hydrogen-bond acceptors (Lipinski definition) is 4. The third kappa shape index (κ3) is 2.59. The molecule has 108 valence electrons. The number of rotatable bonds is 4. The molecule has 6 nitrogen and oxygen atoms in total. The molecule has 0 aromatic heterocycles. The molecular weight excluding hydrogens is 258 g/mol. The monoisotopic (exact) mass is 277 g/mol. The summed E-state index contributed by atoms with van der Waals surface area (Å²) in [6, 6.07) is 4.77. The van der Waals surface area contributed by atoms with Crippen LogP contribution in [0.15, 0.2) is 18.2 Å². The lowest BCUT2D eigenvalue weighted by molar-refractivity contribution is -0.383. The van der Waals surface area contributed by atoms with Crippen LogP contribution in [0.3, 0.4) is 0 Å². The van der Waals surface area contributed by atoms with Crippen LogP contribution in [0, 0.1) is 10.1 Å². The molecule has 0 aliphatic carbocycles. The molecule has 1 unspecified atom stereocenters. The fourth-order valence-corrected chi connectivity index (χ4v) is 2.72. The number of nitrogens with zero attached hydrogens (tertiary/aromatic N) is 2. The summed E-state index contributed by atoms with van der Waals surface area (Å²) in [6.07, 6.45) is 3.00. The highest BCUT2D eigenvalue weighted by Gasteiger charge is 2.28. The molecule has 1 atom stereocenters. The van der Waals surface area contributed by atoms with E-state index in [4.69, 9.17) is 0 Å². The number of nitro groups is 1. The van der Waals surface area contributed by atoms with Gasteiger partial charge >= 0.3 is 0 Å². The highest BCUT2D eigenvalue weighted by molar-refractivity contribution is 5.96. The average Bonchev–Trinajstić information content (AvgIpc) is 2.93. The Balaban J connectivity index is 2.29. The Kier molecular flexibility index (Phi) is 4.22. The maximum absolute atomic E-state index is 12.5. The Hall–Kier alpha value is -2.11. The third-order valence-electron chi connectivity index (χ3n) is 3.82. The van der Waals surface area contributed by atoms with Crippen LogP contribution in [0.1, 0.15) is 36.5 Å². The molecule has 0 spiro atoms. The fourth-order valence-electron chi connectivity index (χ4n) is 2.72. The lowest BCUT2D eigenvalue weighted by Gasteiger charge is -2.23. The normalized spacial score (nSPS) is 18.1. The molecule has 1 heterocycles. The van der Waals surface area contributed by atoms with Crippen LogP contribution in [0.5, 0.6) is 0 Å². The van der Waals surface area contributed by atoms with E-state index in [9.17, 15) is 14.9 Å². The molecule has 2 rings (SSSR count). The molecule has 1 saturated heterocycles. The van der Waals surface area contributed by atoms with E-state index in [-0.39, 0.29) is 17.6 Å². The Morgan fingerprint density at radius 3 is 2.90 bits per heavy atom. The summed E-state index contributed by atoms with van der Waals surface area (Å²) in [5.41, 5.74) is 0.853. The van der Waals surface area contributed by atoms with E-state index in [2.05, 4.69) is 12.2 Å². The van der Waals surface area contributed by atoms with Crippen molar-refractivity contribution in [3.05, 3.63) is 33.9 Å². The first-order valence-corrected chi connectivity index (χ1v) is 6.85. The summed E-state index contributed by atoms with van der Waals surface area (Å²) in [4.78, 5) is 24.8. The summed E-state index contributed by atoms with van der Waals surface area (Å²) in [6.45, 7) is 2.84. The minimum Gasteiger partial charge on any atom is -0.383 e. The SMILES string of the molecule is CCC1CCCN1C(=O)c1ccc([N+](=O)[O-])c(NC)c1. The summed E-state index contributed by atoms with van der Waals surface area (Å²) in [5.74, 6) is -0.0410. The highest BCUT2D eigenvalue weighted by Crippen LogP contribution is 2.27. The second-order valence-corrected chi connectivity index (χ2v) is 4.94. The van der Waals surface area contributed by atoms with E-state index in [1.807, 2.05) is 4.90 Å². The molecule has 0 radical (unpaired) electrons. The van der Waals surface area contributed by atoms with Gasteiger partial charge in [-0.05, 0) is 31.4 Å². The second kappa shape index (κ2) is 5.90. The van der Waals surface area contributed by atoms with Crippen LogP contribution >= 0.6 is 0 Å². The van der Waals surface area contributed by atoms with E-state index in [0.29, 0.717) is 11.3 Å². The molecular formula is C14H19N3O3. The molecule has 1 amide bonds.